The Balaban J connectivity index is 2.18. The number of carbonyl (C=O) groups excluding carboxylic acids is 3. The van der Waals surface area contributed by atoms with Gasteiger partial charge in [-0.2, -0.15) is 0 Å². The number of rotatable bonds is 7. The summed E-state index contributed by atoms with van der Waals surface area (Å²) < 4.78 is 5.97. The van der Waals surface area contributed by atoms with Crippen molar-refractivity contribution in [3.63, 3.8) is 0 Å². The zero-order chi connectivity index (χ0) is 20.7. The number of nitrogens with zero attached hydrogens (tertiary/aromatic N) is 2. The standard InChI is InChI=1S/C18H20N4O5S/c1-4-27-17(26)14-9-19-18(28-3)22(16(14)25)10-15(24)21-13-7-5-12(6-8-13)20-11(2)23/h5-9H,4,10H2,1-3H3,(H,20,23)(H,21,24). The van der Waals surface area contributed by atoms with Gasteiger partial charge in [0.2, 0.25) is 11.8 Å². The van der Waals surface area contributed by atoms with Crippen LogP contribution in [0.5, 0.6) is 0 Å². The van der Waals surface area contributed by atoms with E-state index in [1.807, 2.05) is 0 Å². The van der Waals surface area contributed by atoms with Crippen molar-refractivity contribution in [2.24, 2.45) is 0 Å². The number of anilines is 2. The van der Waals surface area contributed by atoms with E-state index in [9.17, 15) is 19.2 Å². The van der Waals surface area contributed by atoms with Crippen LogP contribution in [0.3, 0.4) is 0 Å². The van der Waals surface area contributed by atoms with E-state index in [4.69, 9.17) is 4.74 Å². The first-order valence-corrected chi connectivity index (χ1v) is 9.56. The molecular weight excluding hydrogens is 384 g/mol. The Morgan fingerprint density at radius 1 is 1.14 bits per heavy atom. The molecule has 2 N–H and O–H groups in total. The number of esters is 1. The van der Waals surface area contributed by atoms with Crippen molar-refractivity contribution in [2.45, 2.75) is 25.5 Å². The van der Waals surface area contributed by atoms with Crippen LogP contribution in [0, 0.1) is 0 Å². The summed E-state index contributed by atoms with van der Waals surface area (Å²) in [6.07, 6.45) is 2.86. The number of ether oxygens (including phenoxy) is 1. The van der Waals surface area contributed by atoms with Gasteiger partial charge in [0.1, 0.15) is 12.1 Å². The van der Waals surface area contributed by atoms with Gasteiger partial charge in [-0.3, -0.25) is 19.0 Å². The first kappa shape index (κ1) is 21.2. The molecular formula is C18H20N4O5S. The first-order valence-electron chi connectivity index (χ1n) is 8.34. The molecule has 2 rings (SSSR count). The second-order valence-corrected chi connectivity index (χ2v) is 6.35. The predicted octanol–water partition coefficient (Wildman–Crippen LogP) is 1.74. The van der Waals surface area contributed by atoms with E-state index in [1.54, 1.807) is 37.4 Å². The number of hydrogen-bond acceptors (Lipinski definition) is 7. The maximum absolute atomic E-state index is 12.6. The molecule has 0 spiro atoms. The molecule has 2 amide bonds. The highest BCUT2D eigenvalue weighted by molar-refractivity contribution is 7.98. The molecule has 0 saturated carbocycles. The number of thioether (sulfide) groups is 1. The summed E-state index contributed by atoms with van der Waals surface area (Å²) >= 11 is 1.18. The van der Waals surface area contributed by atoms with Gasteiger partial charge >= 0.3 is 5.97 Å². The van der Waals surface area contributed by atoms with Crippen molar-refractivity contribution in [1.29, 1.82) is 0 Å². The van der Waals surface area contributed by atoms with Crippen molar-refractivity contribution < 1.29 is 19.1 Å². The fourth-order valence-electron chi connectivity index (χ4n) is 2.31. The second kappa shape index (κ2) is 9.70. The van der Waals surface area contributed by atoms with E-state index in [0.717, 1.165) is 10.8 Å². The van der Waals surface area contributed by atoms with Crippen molar-refractivity contribution in [3.05, 3.63) is 46.4 Å². The van der Waals surface area contributed by atoms with Gasteiger partial charge in [-0.1, -0.05) is 11.8 Å². The summed E-state index contributed by atoms with van der Waals surface area (Å²) in [5.41, 5.74) is 0.214. The highest BCUT2D eigenvalue weighted by Crippen LogP contribution is 2.14. The second-order valence-electron chi connectivity index (χ2n) is 5.58. The molecule has 0 fully saturated rings. The average molecular weight is 404 g/mol. The van der Waals surface area contributed by atoms with Gasteiger partial charge in [-0.15, -0.1) is 0 Å². The molecule has 0 bridgehead atoms. The molecule has 0 saturated heterocycles. The number of benzene rings is 1. The molecule has 0 atom stereocenters. The number of hydrogen-bond donors (Lipinski definition) is 2. The smallest absolute Gasteiger partial charge is 0.345 e. The Morgan fingerprint density at radius 3 is 2.29 bits per heavy atom. The quantitative estimate of drug-likeness (QED) is 0.410. The van der Waals surface area contributed by atoms with Gasteiger partial charge < -0.3 is 15.4 Å². The van der Waals surface area contributed by atoms with Crippen molar-refractivity contribution >= 4 is 40.9 Å². The van der Waals surface area contributed by atoms with Crippen LogP contribution in [0.4, 0.5) is 11.4 Å². The summed E-state index contributed by atoms with van der Waals surface area (Å²) in [6, 6.07) is 6.52. The van der Waals surface area contributed by atoms with Crippen LogP contribution in [0.1, 0.15) is 24.2 Å². The molecule has 9 nitrogen and oxygen atoms in total. The van der Waals surface area contributed by atoms with Crippen LogP contribution < -0.4 is 16.2 Å². The number of aromatic nitrogens is 2. The lowest BCUT2D eigenvalue weighted by molar-refractivity contribution is -0.117. The average Bonchev–Trinajstić information content (AvgIpc) is 2.64. The Morgan fingerprint density at radius 2 is 1.75 bits per heavy atom. The lowest BCUT2D eigenvalue weighted by Crippen LogP contribution is -2.33. The summed E-state index contributed by atoms with van der Waals surface area (Å²) in [5, 5.41) is 5.58. The van der Waals surface area contributed by atoms with Gasteiger partial charge in [0.15, 0.2) is 5.16 Å². The molecule has 2 aromatic rings. The minimum absolute atomic E-state index is 0.123. The van der Waals surface area contributed by atoms with Crippen molar-refractivity contribution in [1.82, 2.24) is 9.55 Å². The Kier molecular flexibility index (Phi) is 7.33. The largest absolute Gasteiger partial charge is 0.462 e. The molecule has 0 aliphatic heterocycles. The summed E-state index contributed by atoms with van der Waals surface area (Å²) in [7, 11) is 0. The molecule has 1 aromatic carbocycles. The number of nitrogens with one attached hydrogen (secondary N) is 2. The van der Waals surface area contributed by atoms with Crippen LogP contribution >= 0.6 is 11.8 Å². The monoisotopic (exact) mass is 404 g/mol. The maximum Gasteiger partial charge on any atom is 0.345 e. The Hall–Kier alpha value is -3.14. The third kappa shape index (κ3) is 5.43. The van der Waals surface area contributed by atoms with Crippen molar-refractivity contribution in [3.8, 4) is 0 Å². The molecule has 148 valence electrons. The van der Waals surface area contributed by atoms with Gasteiger partial charge in [-0.05, 0) is 37.4 Å². The Bertz CT molecular complexity index is 940. The van der Waals surface area contributed by atoms with Gasteiger partial charge in [0, 0.05) is 18.3 Å². The maximum atomic E-state index is 12.6. The molecule has 1 heterocycles. The van der Waals surface area contributed by atoms with Crippen LogP contribution in [-0.2, 0) is 20.9 Å². The zero-order valence-electron chi connectivity index (χ0n) is 15.6. The zero-order valence-corrected chi connectivity index (χ0v) is 16.5. The lowest BCUT2D eigenvalue weighted by Gasteiger charge is -2.12. The summed E-state index contributed by atoms with van der Waals surface area (Å²) in [4.78, 5) is 52.0. The molecule has 0 aliphatic rings. The first-order chi connectivity index (χ1) is 13.3. The molecule has 1 aromatic heterocycles. The highest BCUT2D eigenvalue weighted by Gasteiger charge is 2.18. The SMILES string of the molecule is CCOC(=O)c1cnc(SC)n(CC(=O)Nc2ccc(NC(C)=O)cc2)c1=O. The topological polar surface area (TPSA) is 119 Å². The van der Waals surface area contributed by atoms with E-state index in [2.05, 4.69) is 15.6 Å². The fraction of sp³-hybridized carbons (Fsp3) is 0.278. The van der Waals surface area contributed by atoms with Crippen LogP contribution in [0.2, 0.25) is 0 Å². The van der Waals surface area contributed by atoms with E-state index in [-0.39, 0.29) is 24.6 Å². The molecule has 0 unspecified atom stereocenters. The normalized spacial score (nSPS) is 10.2. The van der Waals surface area contributed by atoms with Gasteiger partial charge in [-0.25, -0.2) is 9.78 Å². The molecule has 0 radical (unpaired) electrons. The minimum Gasteiger partial charge on any atom is -0.462 e. The highest BCUT2D eigenvalue weighted by atomic mass is 32.2. The minimum atomic E-state index is -0.782. The number of carbonyl (C=O) groups is 3. The third-order valence-corrected chi connectivity index (χ3v) is 4.17. The fourth-order valence-corrected chi connectivity index (χ4v) is 2.84. The third-order valence-electron chi connectivity index (χ3n) is 3.48. The van der Waals surface area contributed by atoms with Crippen LogP contribution in [-0.4, -0.2) is 40.2 Å². The van der Waals surface area contributed by atoms with Crippen LogP contribution in [0.15, 0.2) is 40.4 Å². The lowest BCUT2D eigenvalue weighted by atomic mass is 10.2. The summed E-state index contributed by atoms with van der Waals surface area (Å²) in [5.74, 6) is -1.45. The van der Waals surface area contributed by atoms with Gasteiger partial charge in [0.05, 0.1) is 12.8 Å². The van der Waals surface area contributed by atoms with E-state index in [1.165, 1.54) is 18.7 Å². The van der Waals surface area contributed by atoms with Crippen LogP contribution in [0.25, 0.3) is 0 Å². The van der Waals surface area contributed by atoms with E-state index >= 15 is 0 Å². The molecule has 0 aliphatic carbocycles. The molecule has 10 heteroatoms. The molecule has 28 heavy (non-hydrogen) atoms. The van der Waals surface area contributed by atoms with Crippen molar-refractivity contribution in [2.75, 3.05) is 23.5 Å². The summed E-state index contributed by atoms with van der Waals surface area (Å²) in [6.45, 7) is 2.83. The van der Waals surface area contributed by atoms with E-state index in [0.29, 0.717) is 16.5 Å². The number of amides is 2. The predicted molar refractivity (Wildman–Crippen MR) is 106 cm³/mol. The van der Waals surface area contributed by atoms with E-state index < -0.39 is 17.4 Å². The Labute approximate surface area is 165 Å². The van der Waals surface area contributed by atoms with Gasteiger partial charge in [0.25, 0.3) is 5.56 Å².